The molecule has 1 atom stereocenters. The molecule has 122 valence electrons. The zero-order chi connectivity index (χ0) is 17.2. The molecule has 0 saturated carbocycles. The standard InChI is InChI=1S/C14H15BrN4O4/c1-14(8-4-3-5-9(15)6-8)11(21)19(13(23)18-14)7-10(20)17-12(22)16-2/h3-6H,7H2,1-2H3,(H,18,23)(H2,16,17,20,22)/t14-/m0/s1. The second-order valence-electron chi connectivity index (χ2n) is 5.08. The van der Waals surface area contributed by atoms with E-state index in [0.717, 1.165) is 9.37 Å². The fourth-order valence-electron chi connectivity index (χ4n) is 2.21. The van der Waals surface area contributed by atoms with Gasteiger partial charge in [0.05, 0.1) is 0 Å². The monoisotopic (exact) mass is 382 g/mol. The topological polar surface area (TPSA) is 108 Å². The number of amides is 6. The van der Waals surface area contributed by atoms with Crippen molar-refractivity contribution in [2.45, 2.75) is 12.5 Å². The van der Waals surface area contributed by atoms with Gasteiger partial charge in [-0.2, -0.15) is 0 Å². The minimum absolute atomic E-state index is 0.540. The maximum atomic E-state index is 12.6. The number of carbonyl (C=O) groups is 4. The summed E-state index contributed by atoms with van der Waals surface area (Å²) in [7, 11) is 1.35. The largest absolute Gasteiger partial charge is 0.341 e. The third-order valence-electron chi connectivity index (χ3n) is 3.46. The van der Waals surface area contributed by atoms with Crippen LogP contribution >= 0.6 is 15.9 Å². The normalized spacial score (nSPS) is 20.2. The van der Waals surface area contributed by atoms with Gasteiger partial charge in [0.25, 0.3) is 5.91 Å². The Balaban J connectivity index is 2.19. The van der Waals surface area contributed by atoms with Crippen molar-refractivity contribution in [2.75, 3.05) is 13.6 Å². The van der Waals surface area contributed by atoms with Gasteiger partial charge in [-0.1, -0.05) is 28.1 Å². The molecule has 0 aliphatic carbocycles. The van der Waals surface area contributed by atoms with Gasteiger partial charge in [-0.15, -0.1) is 0 Å². The van der Waals surface area contributed by atoms with E-state index in [-0.39, 0.29) is 0 Å². The number of hydrogen-bond donors (Lipinski definition) is 3. The van der Waals surface area contributed by atoms with E-state index in [9.17, 15) is 19.2 Å². The summed E-state index contributed by atoms with van der Waals surface area (Å²) >= 11 is 3.31. The Kier molecular flexibility index (Phi) is 4.69. The molecule has 1 saturated heterocycles. The predicted molar refractivity (Wildman–Crippen MR) is 84.3 cm³/mol. The Hall–Kier alpha value is -2.42. The van der Waals surface area contributed by atoms with Crippen molar-refractivity contribution >= 4 is 39.8 Å². The number of hydrogen-bond acceptors (Lipinski definition) is 4. The number of benzene rings is 1. The molecule has 23 heavy (non-hydrogen) atoms. The van der Waals surface area contributed by atoms with Crippen LogP contribution in [0.3, 0.4) is 0 Å². The molecule has 3 N–H and O–H groups in total. The van der Waals surface area contributed by atoms with Crippen LogP contribution in [0, 0.1) is 0 Å². The summed E-state index contributed by atoms with van der Waals surface area (Å²) in [6.45, 7) is 1.02. The van der Waals surface area contributed by atoms with E-state index in [2.05, 4.69) is 26.6 Å². The lowest BCUT2D eigenvalue weighted by Crippen LogP contribution is -2.46. The number of urea groups is 2. The van der Waals surface area contributed by atoms with E-state index in [4.69, 9.17) is 0 Å². The highest BCUT2D eigenvalue weighted by Crippen LogP contribution is 2.30. The molecule has 1 aliphatic rings. The molecule has 0 unspecified atom stereocenters. The van der Waals surface area contributed by atoms with Crippen molar-refractivity contribution in [2.24, 2.45) is 0 Å². The summed E-state index contributed by atoms with van der Waals surface area (Å²) in [5.74, 6) is -1.32. The fourth-order valence-corrected chi connectivity index (χ4v) is 2.61. The van der Waals surface area contributed by atoms with Crippen LogP contribution in [0.4, 0.5) is 9.59 Å². The quantitative estimate of drug-likeness (QED) is 0.667. The fraction of sp³-hybridized carbons (Fsp3) is 0.286. The van der Waals surface area contributed by atoms with Crippen LogP contribution in [0.5, 0.6) is 0 Å². The number of rotatable bonds is 3. The van der Waals surface area contributed by atoms with E-state index in [0.29, 0.717) is 5.56 Å². The van der Waals surface area contributed by atoms with Crippen LogP contribution < -0.4 is 16.0 Å². The van der Waals surface area contributed by atoms with Gasteiger partial charge in [-0.05, 0) is 24.6 Å². The van der Waals surface area contributed by atoms with E-state index in [1.54, 1.807) is 31.2 Å². The van der Waals surface area contributed by atoms with Gasteiger partial charge in [-0.3, -0.25) is 19.8 Å². The molecular weight excluding hydrogens is 368 g/mol. The predicted octanol–water partition coefficient (Wildman–Crippen LogP) is 0.672. The first-order valence-corrected chi connectivity index (χ1v) is 7.49. The van der Waals surface area contributed by atoms with Crippen molar-refractivity contribution in [3.63, 3.8) is 0 Å². The second-order valence-corrected chi connectivity index (χ2v) is 6.00. The Bertz CT molecular complexity index is 693. The van der Waals surface area contributed by atoms with Gasteiger partial charge in [0.1, 0.15) is 12.1 Å². The summed E-state index contributed by atoms with van der Waals surface area (Å²) in [6.07, 6.45) is 0. The molecule has 9 heteroatoms. The summed E-state index contributed by atoms with van der Waals surface area (Å²) < 4.78 is 0.758. The Morgan fingerprint density at radius 3 is 2.65 bits per heavy atom. The average Bonchev–Trinajstić information content (AvgIpc) is 2.71. The molecule has 1 fully saturated rings. The number of nitrogens with zero attached hydrogens (tertiary/aromatic N) is 1. The highest BCUT2D eigenvalue weighted by molar-refractivity contribution is 9.10. The molecule has 8 nitrogen and oxygen atoms in total. The Morgan fingerprint density at radius 2 is 2.04 bits per heavy atom. The molecule has 0 aromatic heterocycles. The first-order valence-electron chi connectivity index (χ1n) is 6.69. The molecule has 1 heterocycles. The summed E-state index contributed by atoms with van der Waals surface area (Å²) in [5.41, 5.74) is -0.687. The van der Waals surface area contributed by atoms with E-state index < -0.39 is 36.0 Å². The van der Waals surface area contributed by atoms with Crippen LogP contribution in [-0.4, -0.2) is 42.4 Å². The number of imide groups is 2. The highest BCUT2D eigenvalue weighted by Gasteiger charge is 2.49. The lowest BCUT2D eigenvalue weighted by Gasteiger charge is -2.22. The number of carbonyl (C=O) groups excluding carboxylic acids is 4. The maximum Gasteiger partial charge on any atom is 0.325 e. The van der Waals surface area contributed by atoms with Gasteiger partial charge in [-0.25, -0.2) is 9.59 Å². The Morgan fingerprint density at radius 1 is 1.35 bits per heavy atom. The molecule has 1 aromatic rings. The van der Waals surface area contributed by atoms with Crippen molar-refractivity contribution in [3.05, 3.63) is 34.3 Å². The third-order valence-corrected chi connectivity index (χ3v) is 3.95. The lowest BCUT2D eigenvalue weighted by atomic mass is 9.92. The molecule has 1 aromatic carbocycles. The summed E-state index contributed by atoms with van der Waals surface area (Å²) in [6, 6.07) is 5.55. The minimum atomic E-state index is -1.27. The molecule has 0 spiro atoms. The zero-order valence-corrected chi connectivity index (χ0v) is 14.1. The van der Waals surface area contributed by atoms with Gasteiger partial charge >= 0.3 is 12.1 Å². The SMILES string of the molecule is CNC(=O)NC(=O)CN1C(=O)N[C@@](C)(c2cccc(Br)c2)C1=O. The lowest BCUT2D eigenvalue weighted by molar-refractivity contribution is -0.134. The van der Waals surface area contributed by atoms with E-state index >= 15 is 0 Å². The molecule has 2 rings (SSSR count). The molecule has 6 amide bonds. The third kappa shape index (κ3) is 3.34. The summed E-state index contributed by atoms with van der Waals surface area (Å²) in [5, 5.41) is 6.80. The van der Waals surface area contributed by atoms with Crippen LogP contribution in [0.1, 0.15) is 12.5 Å². The Labute approximate surface area is 140 Å². The number of nitrogens with one attached hydrogen (secondary N) is 3. The van der Waals surface area contributed by atoms with Crippen LogP contribution in [0.15, 0.2) is 28.7 Å². The minimum Gasteiger partial charge on any atom is -0.341 e. The highest BCUT2D eigenvalue weighted by atomic mass is 79.9. The van der Waals surface area contributed by atoms with Gasteiger partial charge < -0.3 is 10.6 Å². The smallest absolute Gasteiger partial charge is 0.325 e. The van der Waals surface area contributed by atoms with Gasteiger partial charge in [0.2, 0.25) is 5.91 Å². The molecule has 1 aliphatic heterocycles. The average molecular weight is 383 g/mol. The van der Waals surface area contributed by atoms with Gasteiger partial charge in [0, 0.05) is 11.5 Å². The first-order chi connectivity index (χ1) is 10.8. The second kappa shape index (κ2) is 6.37. The molecule has 0 radical (unpaired) electrons. The van der Waals surface area contributed by atoms with Gasteiger partial charge in [0.15, 0.2) is 0 Å². The van der Waals surface area contributed by atoms with Crippen LogP contribution in [-0.2, 0) is 15.1 Å². The molecule has 0 bridgehead atoms. The maximum absolute atomic E-state index is 12.6. The molecular formula is C14H15BrN4O4. The van der Waals surface area contributed by atoms with Crippen molar-refractivity contribution < 1.29 is 19.2 Å². The van der Waals surface area contributed by atoms with Crippen LogP contribution in [0.2, 0.25) is 0 Å². The zero-order valence-electron chi connectivity index (χ0n) is 12.5. The van der Waals surface area contributed by atoms with Crippen molar-refractivity contribution in [1.29, 1.82) is 0 Å². The van der Waals surface area contributed by atoms with Crippen molar-refractivity contribution in [1.82, 2.24) is 20.9 Å². The van der Waals surface area contributed by atoms with Crippen LogP contribution in [0.25, 0.3) is 0 Å². The summed E-state index contributed by atoms with van der Waals surface area (Å²) in [4.78, 5) is 48.2. The number of halogens is 1. The van der Waals surface area contributed by atoms with Crippen molar-refractivity contribution in [3.8, 4) is 0 Å². The van der Waals surface area contributed by atoms with E-state index in [1.807, 2.05) is 5.32 Å². The first kappa shape index (κ1) is 16.9. The van der Waals surface area contributed by atoms with E-state index in [1.165, 1.54) is 7.05 Å².